The van der Waals surface area contributed by atoms with Gasteiger partial charge in [0.25, 0.3) is 0 Å². The number of hydrogen-bond donors (Lipinski definition) is 1. The van der Waals surface area contributed by atoms with Crippen molar-refractivity contribution in [2.75, 3.05) is 5.75 Å². The van der Waals surface area contributed by atoms with E-state index in [1.807, 2.05) is 11.8 Å². The van der Waals surface area contributed by atoms with Crippen molar-refractivity contribution < 1.29 is 9.50 Å². The molecule has 0 saturated carbocycles. The molecule has 1 aliphatic rings. The smallest absolute Gasteiger partial charge is 0.129 e. The van der Waals surface area contributed by atoms with Gasteiger partial charge in [-0.3, -0.25) is 0 Å². The molecule has 1 aromatic carbocycles. The first kappa shape index (κ1) is 13.2. The van der Waals surface area contributed by atoms with E-state index in [9.17, 15) is 9.50 Å². The number of halogens is 1. The number of hydrogen-bond acceptors (Lipinski definition) is 3. The summed E-state index contributed by atoms with van der Waals surface area (Å²) >= 11 is 3.63. The van der Waals surface area contributed by atoms with Crippen LogP contribution in [0.2, 0.25) is 0 Å². The summed E-state index contributed by atoms with van der Waals surface area (Å²) in [5, 5.41) is 11.4. The van der Waals surface area contributed by atoms with E-state index in [-0.39, 0.29) is 11.1 Å². The molecule has 0 aliphatic carbocycles. The van der Waals surface area contributed by atoms with Gasteiger partial charge in [-0.15, -0.1) is 0 Å². The van der Waals surface area contributed by atoms with Crippen molar-refractivity contribution in [1.29, 1.82) is 0 Å². The fraction of sp³-hybridized carbons (Fsp3) is 0.538. The predicted molar refractivity (Wildman–Crippen MR) is 74.1 cm³/mol. The van der Waals surface area contributed by atoms with Crippen LogP contribution in [0.3, 0.4) is 0 Å². The maximum atomic E-state index is 13.6. The Morgan fingerprint density at radius 2 is 2.00 bits per heavy atom. The van der Waals surface area contributed by atoms with E-state index in [4.69, 9.17) is 0 Å². The Bertz CT molecular complexity index is 385. The molecule has 1 N–H and O–H groups in total. The molecule has 0 aromatic heterocycles. The SMILES string of the molecule is CC1SCC(C(O)c2ccccc2F)SC1C. The number of benzene rings is 1. The fourth-order valence-electron chi connectivity index (χ4n) is 1.89. The molecule has 1 fully saturated rings. The van der Waals surface area contributed by atoms with Crippen LogP contribution in [0.5, 0.6) is 0 Å². The van der Waals surface area contributed by atoms with Crippen molar-refractivity contribution >= 4 is 23.5 Å². The molecule has 17 heavy (non-hydrogen) atoms. The van der Waals surface area contributed by atoms with Crippen molar-refractivity contribution in [2.45, 2.75) is 35.7 Å². The first-order valence-electron chi connectivity index (χ1n) is 5.79. The zero-order valence-corrected chi connectivity index (χ0v) is 11.6. The average Bonchev–Trinajstić information content (AvgIpc) is 2.32. The molecule has 94 valence electrons. The molecule has 2 rings (SSSR count). The Morgan fingerprint density at radius 3 is 2.65 bits per heavy atom. The zero-order chi connectivity index (χ0) is 12.4. The molecule has 1 heterocycles. The Balaban J connectivity index is 2.10. The highest BCUT2D eigenvalue weighted by molar-refractivity contribution is 8.07. The summed E-state index contributed by atoms with van der Waals surface area (Å²) in [6, 6.07) is 6.51. The Morgan fingerprint density at radius 1 is 1.29 bits per heavy atom. The molecule has 0 radical (unpaired) electrons. The van der Waals surface area contributed by atoms with Gasteiger partial charge in [0.2, 0.25) is 0 Å². The molecule has 0 bridgehead atoms. The van der Waals surface area contributed by atoms with Crippen LogP contribution < -0.4 is 0 Å². The van der Waals surface area contributed by atoms with Crippen molar-refractivity contribution in [3.8, 4) is 0 Å². The summed E-state index contributed by atoms with van der Waals surface area (Å²) in [7, 11) is 0. The second-order valence-electron chi connectivity index (χ2n) is 4.38. The van der Waals surface area contributed by atoms with Crippen LogP contribution in [0.1, 0.15) is 25.5 Å². The fourth-order valence-corrected chi connectivity index (χ4v) is 4.88. The van der Waals surface area contributed by atoms with Gasteiger partial charge in [0.15, 0.2) is 0 Å². The van der Waals surface area contributed by atoms with Crippen LogP contribution in [0.15, 0.2) is 24.3 Å². The molecule has 1 nitrogen and oxygen atoms in total. The minimum Gasteiger partial charge on any atom is -0.387 e. The van der Waals surface area contributed by atoms with Crippen molar-refractivity contribution in [1.82, 2.24) is 0 Å². The quantitative estimate of drug-likeness (QED) is 0.890. The Hall–Kier alpha value is -0.190. The van der Waals surface area contributed by atoms with Crippen LogP contribution in [0.25, 0.3) is 0 Å². The average molecular weight is 272 g/mol. The number of aliphatic hydroxyl groups is 1. The van der Waals surface area contributed by atoms with Gasteiger partial charge in [-0.25, -0.2) is 4.39 Å². The maximum Gasteiger partial charge on any atom is 0.129 e. The van der Waals surface area contributed by atoms with Crippen LogP contribution in [0, 0.1) is 5.82 Å². The first-order chi connectivity index (χ1) is 8.09. The van der Waals surface area contributed by atoms with E-state index in [0.717, 1.165) is 5.75 Å². The van der Waals surface area contributed by atoms with E-state index in [1.165, 1.54) is 6.07 Å². The van der Waals surface area contributed by atoms with Crippen molar-refractivity contribution in [3.05, 3.63) is 35.6 Å². The van der Waals surface area contributed by atoms with Gasteiger partial charge in [0.1, 0.15) is 5.82 Å². The summed E-state index contributed by atoms with van der Waals surface area (Å²) in [5.41, 5.74) is 0.423. The van der Waals surface area contributed by atoms with Gasteiger partial charge in [0.05, 0.1) is 6.10 Å². The number of rotatable bonds is 2. The van der Waals surface area contributed by atoms with Crippen LogP contribution in [-0.2, 0) is 0 Å². The second-order valence-corrected chi connectivity index (χ2v) is 7.42. The standard InChI is InChI=1S/C13H17FOS2/c1-8-9(2)17-12(7-16-8)13(15)10-5-3-4-6-11(10)14/h3-6,8-9,12-13,15H,7H2,1-2H3. The van der Waals surface area contributed by atoms with Gasteiger partial charge in [-0.05, 0) is 6.07 Å². The highest BCUT2D eigenvalue weighted by Crippen LogP contribution is 2.41. The van der Waals surface area contributed by atoms with Crippen LogP contribution in [0.4, 0.5) is 4.39 Å². The lowest BCUT2D eigenvalue weighted by Gasteiger charge is -2.34. The lowest BCUT2D eigenvalue weighted by Crippen LogP contribution is -2.30. The molecule has 0 spiro atoms. The maximum absolute atomic E-state index is 13.6. The van der Waals surface area contributed by atoms with Crippen LogP contribution >= 0.6 is 23.5 Å². The molecule has 4 heteroatoms. The Kier molecular flexibility index (Phi) is 4.39. The largest absolute Gasteiger partial charge is 0.387 e. The monoisotopic (exact) mass is 272 g/mol. The molecule has 1 aliphatic heterocycles. The third-order valence-corrected chi connectivity index (χ3v) is 6.63. The molecular weight excluding hydrogens is 255 g/mol. The highest BCUT2D eigenvalue weighted by Gasteiger charge is 2.31. The van der Waals surface area contributed by atoms with E-state index in [0.29, 0.717) is 16.1 Å². The molecule has 4 atom stereocenters. The van der Waals surface area contributed by atoms with Crippen molar-refractivity contribution in [2.24, 2.45) is 0 Å². The topological polar surface area (TPSA) is 20.2 Å². The predicted octanol–water partition coefficient (Wildman–Crippen LogP) is 3.48. The second kappa shape index (κ2) is 5.63. The third kappa shape index (κ3) is 2.98. The van der Waals surface area contributed by atoms with E-state index < -0.39 is 6.10 Å². The van der Waals surface area contributed by atoms with Crippen molar-refractivity contribution in [3.63, 3.8) is 0 Å². The van der Waals surface area contributed by atoms with Crippen LogP contribution in [-0.4, -0.2) is 26.6 Å². The van der Waals surface area contributed by atoms with E-state index in [1.54, 1.807) is 30.0 Å². The highest BCUT2D eigenvalue weighted by atomic mass is 32.2. The summed E-state index contributed by atoms with van der Waals surface area (Å²) in [6.07, 6.45) is -0.705. The molecule has 4 unspecified atom stereocenters. The minimum atomic E-state index is -0.705. The summed E-state index contributed by atoms with van der Waals surface area (Å²) in [4.78, 5) is 0. The lowest BCUT2D eigenvalue weighted by molar-refractivity contribution is 0.175. The van der Waals surface area contributed by atoms with E-state index >= 15 is 0 Å². The summed E-state index contributed by atoms with van der Waals surface area (Å²) in [5.74, 6) is 0.572. The first-order valence-corrected chi connectivity index (χ1v) is 7.78. The summed E-state index contributed by atoms with van der Waals surface area (Å²) < 4.78 is 13.6. The minimum absolute atomic E-state index is 0.0862. The summed E-state index contributed by atoms with van der Waals surface area (Å²) in [6.45, 7) is 4.37. The van der Waals surface area contributed by atoms with Gasteiger partial charge in [-0.2, -0.15) is 23.5 Å². The molecular formula is C13H17FOS2. The van der Waals surface area contributed by atoms with Gasteiger partial charge >= 0.3 is 0 Å². The molecule has 0 amide bonds. The molecule has 1 aromatic rings. The Labute approximate surface area is 110 Å². The van der Waals surface area contributed by atoms with E-state index in [2.05, 4.69) is 13.8 Å². The van der Waals surface area contributed by atoms with Gasteiger partial charge in [-0.1, -0.05) is 32.0 Å². The zero-order valence-electron chi connectivity index (χ0n) is 9.97. The molecule has 1 saturated heterocycles. The normalized spacial score (nSPS) is 31.2. The van der Waals surface area contributed by atoms with Gasteiger partial charge < -0.3 is 5.11 Å². The lowest BCUT2D eigenvalue weighted by atomic mass is 10.1. The number of aliphatic hydroxyl groups excluding tert-OH is 1. The van der Waals surface area contributed by atoms with Gasteiger partial charge in [0, 0.05) is 27.1 Å². The number of thioether (sulfide) groups is 2. The third-order valence-electron chi connectivity index (χ3n) is 3.15.